The number of aromatic nitrogens is 2. The number of hydrogen-bond acceptors (Lipinski definition) is 7. The third-order valence-corrected chi connectivity index (χ3v) is 4.37. The maximum atomic E-state index is 12.2. The molecule has 0 radical (unpaired) electrons. The van der Waals surface area contributed by atoms with Crippen molar-refractivity contribution in [3.05, 3.63) is 30.3 Å². The molecule has 0 unspecified atom stereocenters. The van der Waals surface area contributed by atoms with E-state index in [2.05, 4.69) is 20.8 Å². The Morgan fingerprint density at radius 1 is 1.07 bits per heavy atom. The van der Waals surface area contributed by atoms with Gasteiger partial charge in [-0.05, 0) is 24.3 Å². The highest BCUT2D eigenvalue weighted by atomic mass is 32.2. The number of benzene rings is 1. The van der Waals surface area contributed by atoms with E-state index in [4.69, 9.17) is 9.47 Å². The first-order valence-corrected chi connectivity index (χ1v) is 9.20. The lowest BCUT2D eigenvalue weighted by molar-refractivity contribution is -0.119. The summed E-state index contributed by atoms with van der Waals surface area (Å²) in [4.78, 5) is 23.8. The van der Waals surface area contributed by atoms with Crippen LogP contribution in [0.3, 0.4) is 0 Å². The molecular weight excluding hydrogens is 368 g/mol. The van der Waals surface area contributed by atoms with Gasteiger partial charge >= 0.3 is 0 Å². The van der Waals surface area contributed by atoms with Crippen molar-refractivity contribution in [3.8, 4) is 11.5 Å². The Labute approximate surface area is 162 Å². The van der Waals surface area contributed by atoms with Crippen LogP contribution in [0.4, 0.5) is 11.5 Å². The normalized spacial score (nSPS) is 10.4. The summed E-state index contributed by atoms with van der Waals surface area (Å²) in [5, 5.41) is 14.0. The van der Waals surface area contributed by atoms with Crippen molar-refractivity contribution in [1.29, 1.82) is 0 Å². The van der Waals surface area contributed by atoms with E-state index in [1.54, 1.807) is 51.3 Å². The Balaban J connectivity index is 1.91. The van der Waals surface area contributed by atoms with Crippen LogP contribution in [-0.4, -0.2) is 42.0 Å². The fourth-order valence-electron chi connectivity index (χ4n) is 1.97. The minimum absolute atomic E-state index is 0.128. The molecule has 1 aromatic heterocycles. The number of nitrogens with one attached hydrogen (secondary N) is 2. The van der Waals surface area contributed by atoms with Gasteiger partial charge in [0.25, 0.3) is 0 Å². The van der Waals surface area contributed by atoms with E-state index in [0.29, 0.717) is 28.0 Å². The molecule has 2 N–H and O–H groups in total. The van der Waals surface area contributed by atoms with Gasteiger partial charge in [0.1, 0.15) is 16.5 Å². The van der Waals surface area contributed by atoms with Crippen molar-refractivity contribution in [1.82, 2.24) is 10.2 Å². The van der Waals surface area contributed by atoms with Crippen molar-refractivity contribution >= 4 is 35.1 Å². The average Bonchev–Trinajstić information content (AvgIpc) is 2.67. The van der Waals surface area contributed by atoms with Crippen molar-refractivity contribution in [2.45, 2.75) is 18.9 Å². The van der Waals surface area contributed by atoms with E-state index < -0.39 is 0 Å². The minimum Gasteiger partial charge on any atom is -0.497 e. The van der Waals surface area contributed by atoms with Gasteiger partial charge in [0.15, 0.2) is 5.82 Å². The van der Waals surface area contributed by atoms with Gasteiger partial charge in [-0.15, -0.1) is 10.2 Å². The zero-order valence-electron chi connectivity index (χ0n) is 15.6. The molecule has 0 aliphatic carbocycles. The summed E-state index contributed by atoms with van der Waals surface area (Å²) in [7, 11) is 3.08. The number of amides is 2. The van der Waals surface area contributed by atoms with Gasteiger partial charge in [0.05, 0.1) is 25.7 Å². The molecule has 27 heavy (non-hydrogen) atoms. The van der Waals surface area contributed by atoms with E-state index in [9.17, 15) is 9.59 Å². The molecule has 9 heteroatoms. The molecule has 2 rings (SSSR count). The summed E-state index contributed by atoms with van der Waals surface area (Å²) in [5.74, 6) is 1.19. The Hall–Kier alpha value is -2.81. The number of carbonyl (C=O) groups is 2. The SMILES string of the molecule is COc1ccc(OC)c(NC(=O)CSc2ccc(NC(=O)C(C)C)nn2)c1. The summed E-state index contributed by atoms with van der Waals surface area (Å²) >= 11 is 1.23. The van der Waals surface area contributed by atoms with Gasteiger partial charge in [0.2, 0.25) is 11.8 Å². The molecule has 0 saturated carbocycles. The van der Waals surface area contributed by atoms with Crippen LogP contribution in [0.1, 0.15) is 13.8 Å². The topological polar surface area (TPSA) is 102 Å². The maximum absolute atomic E-state index is 12.2. The molecule has 8 nitrogen and oxygen atoms in total. The van der Waals surface area contributed by atoms with Gasteiger partial charge in [-0.3, -0.25) is 9.59 Å². The number of anilines is 2. The lowest BCUT2D eigenvalue weighted by Crippen LogP contribution is -2.18. The predicted molar refractivity (Wildman–Crippen MR) is 104 cm³/mol. The first-order chi connectivity index (χ1) is 12.9. The van der Waals surface area contributed by atoms with Crippen LogP contribution in [0, 0.1) is 5.92 Å². The smallest absolute Gasteiger partial charge is 0.234 e. The molecule has 144 valence electrons. The number of rotatable bonds is 8. The molecule has 0 aliphatic heterocycles. The fraction of sp³-hybridized carbons (Fsp3) is 0.333. The summed E-state index contributed by atoms with van der Waals surface area (Å²) in [6, 6.07) is 8.51. The molecule has 0 saturated heterocycles. The molecule has 0 bridgehead atoms. The zero-order chi connectivity index (χ0) is 19.8. The van der Waals surface area contributed by atoms with Crippen LogP contribution in [0.25, 0.3) is 0 Å². The third kappa shape index (κ3) is 6.14. The van der Waals surface area contributed by atoms with E-state index in [1.807, 2.05) is 0 Å². The molecule has 2 aromatic rings. The van der Waals surface area contributed by atoms with E-state index in [-0.39, 0.29) is 23.5 Å². The zero-order valence-corrected chi connectivity index (χ0v) is 16.4. The van der Waals surface area contributed by atoms with Crippen LogP contribution in [0.5, 0.6) is 11.5 Å². The van der Waals surface area contributed by atoms with E-state index in [1.165, 1.54) is 18.9 Å². The van der Waals surface area contributed by atoms with Crippen molar-refractivity contribution in [2.75, 3.05) is 30.6 Å². The summed E-state index contributed by atoms with van der Waals surface area (Å²) in [6.07, 6.45) is 0. The van der Waals surface area contributed by atoms with Crippen molar-refractivity contribution in [2.24, 2.45) is 5.92 Å². The number of carbonyl (C=O) groups excluding carboxylic acids is 2. The number of ether oxygens (including phenoxy) is 2. The number of hydrogen-bond donors (Lipinski definition) is 2. The quantitative estimate of drug-likeness (QED) is 0.668. The molecule has 1 aromatic carbocycles. The van der Waals surface area contributed by atoms with Crippen molar-refractivity contribution < 1.29 is 19.1 Å². The highest BCUT2D eigenvalue weighted by Crippen LogP contribution is 2.29. The minimum atomic E-state index is -0.217. The number of nitrogens with zero attached hydrogens (tertiary/aromatic N) is 2. The second kappa shape index (κ2) is 9.77. The average molecular weight is 390 g/mol. The van der Waals surface area contributed by atoms with Gasteiger partial charge in [-0.25, -0.2) is 0 Å². The van der Waals surface area contributed by atoms with Crippen LogP contribution in [-0.2, 0) is 9.59 Å². The first-order valence-electron chi connectivity index (χ1n) is 8.22. The van der Waals surface area contributed by atoms with E-state index in [0.717, 1.165) is 0 Å². The Kier molecular flexibility index (Phi) is 7.42. The first kappa shape index (κ1) is 20.5. The monoisotopic (exact) mass is 390 g/mol. The molecule has 0 atom stereocenters. The largest absolute Gasteiger partial charge is 0.497 e. The maximum Gasteiger partial charge on any atom is 0.234 e. The molecule has 0 aliphatic rings. The van der Waals surface area contributed by atoms with Gasteiger partial charge in [-0.2, -0.15) is 0 Å². The lowest BCUT2D eigenvalue weighted by Gasteiger charge is -2.11. The number of thioether (sulfide) groups is 1. The molecule has 2 amide bonds. The lowest BCUT2D eigenvalue weighted by atomic mass is 10.2. The Morgan fingerprint density at radius 2 is 1.85 bits per heavy atom. The Bertz CT molecular complexity index is 796. The standard InChI is InChI=1S/C18H22N4O4S/c1-11(2)18(24)20-15-7-8-17(22-21-15)27-10-16(23)19-13-9-12(25-3)5-6-14(13)26-4/h5-9,11H,10H2,1-4H3,(H,19,23)(H,20,21,24). The van der Waals surface area contributed by atoms with Crippen LogP contribution in [0.15, 0.2) is 35.4 Å². The highest BCUT2D eigenvalue weighted by Gasteiger charge is 2.11. The predicted octanol–water partition coefficient (Wildman–Crippen LogP) is 2.82. The van der Waals surface area contributed by atoms with Crippen LogP contribution in [0.2, 0.25) is 0 Å². The van der Waals surface area contributed by atoms with Gasteiger partial charge in [0, 0.05) is 12.0 Å². The van der Waals surface area contributed by atoms with Gasteiger partial charge < -0.3 is 20.1 Å². The summed E-state index contributed by atoms with van der Waals surface area (Å²) in [5.41, 5.74) is 0.528. The highest BCUT2D eigenvalue weighted by molar-refractivity contribution is 7.99. The summed E-state index contributed by atoms with van der Waals surface area (Å²) in [6.45, 7) is 3.59. The van der Waals surface area contributed by atoms with Crippen LogP contribution < -0.4 is 20.1 Å². The van der Waals surface area contributed by atoms with Gasteiger partial charge in [-0.1, -0.05) is 25.6 Å². The van der Waals surface area contributed by atoms with E-state index >= 15 is 0 Å². The Morgan fingerprint density at radius 3 is 2.44 bits per heavy atom. The molecule has 0 spiro atoms. The molecule has 1 heterocycles. The third-order valence-electron chi connectivity index (χ3n) is 3.45. The van der Waals surface area contributed by atoms with Crippen LogP contribution >= 0.6 is 11.8 Å². The van der Waals surface area contributed by atoms with Crippen molar-refractivity contribution in [3.63, 3.8) is 0 Å². The second-order valence-corrected chi connectivity index (χ2v) is 6.80. The fourth-order valence-corrected chi connectivity index (χ4v) is 2.59. The molecular formula is C18H22N4O4S. The molecule has 0 fully saturated rings. The summed E-state index contributed by atoms with van der Waals surface area (Å²) < 4.78 is 10.4. The number of methoxy groups -OCH3 is 2. The second-order valence-electron chi connectivity index (χ2n) is 5.80.